The van der Waals surface area contributed by atoms with Crippen molar-refractivity contribution in [3.8, 4) is 0 Å². The number of aliphatic carboxylic acids is 1. The van der Waals surface area contributed by atoms with E-state index in [0.29, 0.717) is 5.69 Å². The number of fused-ring (bicyclic) bond motifs is 1. The third kappa shape index (κ3) is 2.51. The molecule has 0 atom stereocenters. The normalized spacial score (nSPS) is 16.0. The van der Waals surface area contributed by atoms with Crippen LogP contribution in [-0.2, 0) is 19.6 Å². The Labute approximate surface area is 130 Å². The van der Waals surface area contributed by atoms with Gasteiger partial charge >= 0.3 is 5.97 Å². The molecule has 1 aliphatic heterocycles. The van der Waals surface area contributed by atoms with Gasteiger partial charge < -0.3 is 15.4 Å². The number of amides is 1. The Hall–Kier alpha value is -2.91. The average Bonchev–Trinajstić information content (AvgIpc) is 3.06. The molecule has 0 aliphatic carbocycles. The lowest BCUT2D eigenvalue weighted by molar-refractivity contribution is -0.130. The zero-order valence-corrected chi connectivity index (χ0v) is 12.3. The molecule has 0 bridgehead atoms. The van der Waals surface area contributed by atoms with Crippen molar-refractivity contribution in [1.82, 2.24) is 4.98 Å². The number of anilines is 1. The molecular formula is C14H11N3O5S. The van der Waals surface area contributed by atoms with Crippen LogP contribution in [0.15, 0.2) is 41.4 Å². The van der Waals surface area contributed by atoms with Crippen molar-refractivity contribution < 1.29 is 23.1 Å². The SMILES string of the molecule is NS(=O)(=O)c1ccc2c(c1)/C(=C(/C(=O)O)c1ccc[nH]1)C(=O)N2. The Kier molecular flexibility index (Phi) is 3.31. The number of H-pyrrole nitrogens is 1. The fourth-order valence-electron chi connectivity index (χ4n) is 2.41. The van der Waals surface area contributed by atoms with E-state index in [1.807, 2.05) is 0 Å². The van der Waals surface area contributed by atoms with Crippen LogP contribution >= 0.6 is 0 Å². The number of carboxylic acid groups (broad SMARTS) is 1. The van der Waals surface area contributed by atoms with Gasteiger partial charge in [0.1, 0.15) is 0 Å². The first kappa shape index (κ1) is 15.0. The van der Waals surface area contributed by atoms with Gasteiger partial charge in [-0.3, -0.25) is 4.79 Å². The largest absolute Gasteiger partial charge is 0.478 e. The number of carbonyl (C=O) groups excluding carboxylic acids is 1. The lowest BCUT2D eigenvalue weighted by Crippen LogP contribution is -2.12. The van der Waals surface area contributed by atoms with Gasteiger partial charge in [-0.2, -0.15) is 0 Å². The molecular weight excluding hydrogens is 322 g/mol. The molecule has 1 aromatic heterocycles. The lowest BCUT2D eigenvalue weighted by Gasteiger charge is -2.06. The number of aromatic amines is 1. The van der Waals surface area contributed by atoms with Crippen LogP contribution < -0.4 is 10.5 Å². The van der Waals surface area contributed by atoms with Gasteiger partial charge in [0, 0.05) is 17.4 Å². The maximum absolute atomic E-state index is 12.2. The first-order valence-electron chi connectivity index (χ1n) is 6.39. The topological polar surface area (TPSA) is 142 Å². The van der Waals surface area contributed by atoms with Gasteiger partial charge in [-0.15, -0.1) is 0 Å². The van der Waals surface area contributed by atoms with E-state index in [1.54, 1.807) is 6.07 Å². The van der Waals surface area contributed by atoms with Gasteiger partial charge in [0.2, 0.25) is 10.0 Å². The molecule has 0 spiro atoms. The lowest BCUT2D eigenvalue weighted by atomic mass is 9.99. The van der Waals surface area contributed by atoms with Crippen LogP contribution in [0, 0.1) is 0 Å². The van der Waals surface area contributed by atoms with Crippen LogP contribution in [-0.4, -0.2) is 30.4 Å². The van der Waals surface area contributed by atoms with Crippen LogP contribution in [0.4, 0.5) is 5.69 Å². The third-order valence-corrected chi connectivity index (χ3v) is 4.31. The van der Waals surface area contributed by atoms with Gasteiger partial charge in [-0.1, -0.05) is 0 Å². The van der Waals surface area contributed by atoms with Crippen molar-refractivity contribution in [2.45, 2.75) is 4.90 Å². The molecule has 1 aliphatic rings. The highest BCUT2D eigenvalue weighted by molar-refractivity contribution is 7.89. The molecule has 9 heteroatoms. The van der Waals surface area contributed by atoms with Crippen LogP contribution in [0.1, 0.15) is 11.3 Å². The summed E-state index contributed by atoms with van der Waals surface area (Å²) >= 11 is 0. The number of rotatable bonds is 3. The molecule has 3 rings (SSSR count). The predicted octanol–water partition coefficient (Wildman–Crippen LogP) is 0.610. The molecule has 0 unspecified atom stereocenters. The van der Waals surface area contributed by atoms with E-state index in [1.165, 1.54) is 30.5 Å². The van der Waals surface area contributed by atoms with Crippen molar-refractivity contribution in [1.29, 1.82) is 0 Å². The summed E-state index contributed by atoms with van der Waals surface area (Å²) in [6.07, 6.45) is 1.52. The van der Waals surface area contributed by atoms with E-state index in [2.05, 4.69) is 10.3 Å². The molecule has 0 radical (unpaired) electrons. The summed E-state index contributed by atoms with van der Waals surface area (Å²) in [5.41, 5.74) is 0.353. The van der Waals surface area contributed by atoms with E-state index in [4.69, 9.17) is 5.14 Å². The molecule has 0 fully saturated rings. The summed E-state index contributed by atoms with van der Waals surface area (Å²) in [5, 5.41) is 17.1. The molecule has 8 nitrogen and oxygen atoms in total. The van der Waals surface area contributed by atoms with Crippen LogP contribution in [0.2, 0.25) is 0 Å². The fourth-order valence-corrected chi connectivity index (χ4v) is 2.95. The van der Waals surface area contributed by atoms with Crippen molar-refractivity contribution >= 4 is 38.7 Å². The Bertz CT molecular complexity index is 958. The highest BCUT2D eigenvalue weighted by Crippen LogP contribution is 2.37. The van der Waals surface area contributed by atoms with Crippen LogP contribution in [0.3, 0.4) is 0 Å². The summed E-state index contributed by atoms with van der Waals surface area (Å²) in [6, 6.07) is 6.89. The van der Waals surface area contributed by atoms with Crippen molar-refractivity contribution in [3.63, 3.8) is 0 Å². The van der Waals surface area contributed by atoms with E-state index < -0.39 is 21.9 Å². The molecule has 0 saturated carbocycles. The molecule has 23 heavy (non-hydrogen) atoms. The Morgan fingerprint density at radius 3 is 2.52 bits per heavy atom. The second-order valence-electron chi connectivity index (χ2n) is 4.85. The molecule has 5 N–H and O–H groups in total. The van der Waals surface area contributed by atoms with Gasteiger partial charge in [0.05, 0.1) is 21.7 Å². The zero-order valence-electron chi connectivity index (χ0n) is 11.5. The zero-order chi connectivity index (χ0) is 16.8. The van der Waals surface area contributed by atoms with Crippen molar-refractivity contribution in [2.24, 2.45) is 5.14 Å². The van der Waals surface area contributed by atoms with Crippen LogP contribution in [0.25, 0.3) is 11.1 Å². The number of primary sulfonamides is 1. The van der Waals surface area contributed by atoms with Gasteiger partial charge in [0.15, 0.2) is 0 Å². The molecule has 118 valence electrons. The Morgan fingerprint density at radius 2 is 1.96 bits per heavy atom. The maximum atomic E-state index is 12.2. The first-order chi connectivity index (χ1) is 10.8. The number of benzene rings is 1. The van der Waals surface area contributed by atoms with E-state index in [-0.39, 0.29) is 27.3 Å². The van der Waals surface area contributed by atoms with E-state index in [0.717, 1.165) is 0 Å². The number of carbonyl (C=O) groups is 2. The predicted molar refractivity (Wildman–Crippen MR) is 81.7 cm³/mol. The highest BCUT2D eigenvalue weighted by atomic mass is 32.2. The number of carboxylic acids is 1. The monoisotopic (exact) mass is 333 g/mol. The minimum absolute atomic E-state index is 0.125. The molecule has 2 aromatic rings. The molecule has 2 heterocycles. The summed E-state index contributed by atoms with van der Waals surface area (Å²) in [4.78, 5) is 26.4. The highest BCUT2D eigenvalue weighted by Gasteiger charge is 2.32. The first-order valence-corrected chi connectivity index (χ1v) is 7.93. The molecule has 0 saturated heterocycles. The smallest absolute Gasteiger partial charge is 0.338 e. The second-order valence-corrected chi connectivity index (χ2v) is 6.41. The number of nitrogens with two attached hydrogens (primary N) is 1. The molecule has 1 aromatic carbocycles. The fraction of sp³-hybridized carbons (Fsp3) is 0. The van der Waals surface area contributed by atoms with Crippen LogP contribution in [0.5, 0.6) is 0 Å². The average molecular weight is 333 g/mol. The van der Waals surface area contributed by atoms with Gasteiger partial charge in [0.25, 0.3) is 5.91 Å². The van der Waals surface area contributed by atoms with E-state index in [9.17, 15) is 23.1 Å². The van der Waals surface area contributed by atoms with Crippen molar-refractivity contribution in [2.75, 3.05) is 5.32 Å². The second kappa shape index (κ2) is 5.07. The number of hydrogen-bond donors (Lipinski definition) is 4. The summed E-state index contributed by atoms with van der Waals surface area (Å²) in [6.45, 7) is 0. The summed E-state index contributed by atoms with van der Waals surface area (Å²) in [7, 11) is -3.98. The summed E-state index contributed by atoms with van der Waals surface area (Å²) in [5.74, 6) is -1.94. The number of sulfonamides is 1. The Morgan fingerprint density at radius 1 is 1.22 bits per heavy atom. The molecule has 1 amide bonds. The number of aromatic nitrogens is 1. The van der Waals surface area contributed by atoms with Crippen molar-refractivity contribution in [3.05, 3.63) is 47.8 Å². The quantitative estimate of drug-likeness (QED) is 0.609. The third-order valence-electron chi connectivity index (χ3n) is 3.40. The number of nitrogens with one attached hydrogen (secondary N) is 2. The van der Waals surface area contributed by atoms with E-state index >= 15 is 0 Å². The minimum atomic E-state index is -3.98. The Balaban J connectivity index is 2.32. The van der Waals surface area contributed by atoms with Gasteiger partial charge in [-0.25, -0.2) is 18.4 Å². The maximum Gasteiger partial charge on any atom is 0.338 e. The standard InChI is InChI=1S/C14H11N3O5S/c15-23(21,22)7-3-4-9-8(6-7)11(13(18)17-9)12(14(19)20)10-2-1-5-16-10/h1-6,16H,(H,17,18)(H,19,20)(H2,15,21,22)/b12-11-. The van der Waals surface area contributed by atoms with Gasteiger partial charge in [-0.05, 0) is 30.3 Å². The minimum Gasteiger partial charge on any atom is -0.478 e. The number of hydrogen-bond acceptors (Lipinski definition) is 4. The summed E-state index contributed by atoms with van der Waals surface area (Å²) < 4.78 is 23.0.